The van der Waals surface area contributed by atoms with Gasteiger partial charge < -0.3 is 14.6 Å². The summed E-state index contributed by atoms with van der Waals surface area (Å²) >= 11 is 1.72. The Morgan fingerprint density at radius 2 is 2.11 bits per heavy atom. The minimum atomic E-state index is -0.457. The Balaban J connectivity index is 1.67. The molecule has 0 spiro atoms. The highest BCUT2D eigenvalue weighted by atomic mass is 32.1. The second-order valence-corrected chi connectivity index (χ2v) is 5.28. The van der Waals surface area contributed by atoms with Crippen LogP contribution in [0.1, 0.15) is 23.0 Å². The molecular weight excluding hydrogens is 248 g/mol. The second kappa shape index (κ2) is 5.00. The lowest BCUT2D eigenvalue weighted by molar-refractivity contribution is 0.166. The molecule has 0 radical (unpaired) electrons. The first-order chi connectivity index (χ1) is 8.83. The molecule has 1 unspecified atom stereocenters. The average Bonchev–Trinajstić information content (AvgIpc) is 3.05. The molecule has 0 amide bonds. The van der Waals surface area contributed by atoms with E-state index in [1.54, 1.807) is 11.3 Å². The van der Waals surface area contributed by atoms with Gasteiger partial charge >= 0.3 is 0 Å². The van der Waals surface area contributed by atoms with Gasteiger partial charge in [0.2, 0.25) is 6.79 Å². The molecule has 4 heteroatoms. The minimum absolute atomic E-state index is 0.268. The van der Waals surface area contributed by atoms with Gasteiger partial charge in [-0.1, -0.05) is 12.1 Å². The quantitative estimate of drug-likeness (QED) is 0.920. The van der Waals surface area contributed by atoms with Crippen molar-refractivity contribution >= 4 is 11.3 Å². The van der Waals surface area contributed by atoms with E-state index in [1.165, 1.54) is 4.88 Å². The van der Waals surface area contributed by atoms with Crippen LogP contribution in [-0.4, -0.2) is 11.9 Å². The van der Waals surface area contributed by atoms with Gasteiger partial charge in [0.25, 0.3) is 0 Å². The second-order valence-electron chi connectivity index (χ2n) is 4.25. The summed E-state index contributed by atoms with van der Waals surface area (Å²) in [4.78, 5) is 1.30. The molecule has 2 heterocycles. The van der Waals surface area contributed by atoms with Crippen LogP contribution in [0.15, 0.2) is 35.7 Å². The molecule has 0 bridgehead atoms. The summed E-state index contributed by atoms with van der Waals surface area (Å²) < 4.78 is 10.6. The van der Waals surface area contributed by atoms with Gasteiger partial charge in [-0.2, -0.15) is 0 Å². The zero-order valence-electron chi connectivity index (χ0n) is 9.83. The van der Waals surface area contributed by atoms with E-state index < -0.39 is 6.10 Å². The van der Waals surface area contributed by atoms with Crippen molar-refractivity contribution in [2.24, 2.45) is 0 Å². The van der Waals surface area contributed by atoms with Gasteiger partial charge in [0.05, 0.1) is 6.10 Å². The fourth-order valence-corrected chi connectivity index (χ4v) is 2.75. The van der Waals surface area contributed by atoms with Gasteiger partial charge in [0, 0.05) is 4.88 Å². The topological polar surface area (TPSA) is 38.7 Å². The summed E-state index contributed by atoms with van der Waals surface area (Å²) in [5.41, 5.74) is 0.885. The largest absolute Gasteiger partial charge is 0.454 e. The summed E-state index contributed by atoms with van der Waals surface area (Å²) in [5, 5.41) is 12.2. The van der Waals surface area contributed by atoms with E-state index in [9.17, 15) is 5.11 Å². The Morgan fingerprint density at radius 3 is 2.94 bits per heavy atom. The van der Waals surface area contributed by atoms with Crippen LogP contribution in [-0.2, 0) is 6.42 Å². The van der Waals surface area contributed by atoms with Crippen LogP contribution >= 0.6 is 11.3 Å². The number of aliphatic hydroxyl groups excluding tert-OH is 1. The SMILES string of the molecule is OC(CCc1cccs1)c1ccc2c(c1)OCO2. The number of aliphatic hydroxyl groups is 1. The standard InChI is InChI=1S/C14H14O3S/c15-12(5-4-11-2-1-7-18-11)10-3-6-13-14(8-10)17-9-16-13/h1-3,6-8,12,15H,4-5,9H2. The van der Waals surface area contributed by atoms with Crippen LogP contribution in [0.2, 0.25) is 0 Å². The van der Waals surface area contributed by atoms with Crippen LogP contribution in [0.5, 0.6) is 11.5 Å². The van der Waals surface area contributed by atoms with Gasteiger partial charge in [-0.25, -0.2) is 0 Å². The zero-order chi connectivity index (χ0) is 12.4. The number of fused-ring (bicyclic) bond motifs is 1. The molecule has 0 fully saturated rings. The Labute approximate surface area is 110 Å². The molecule has 3 rings (SSSR count). The lowest BCUT2D eigenvalue weighted by Crippen LogP contribution is -1.99. The molecule has 1 aliphatic heterocycles. The maximum atomic E-state index is 10.2. The first kappa shape index (κ1) is 11.6. The minimum Gasteiger partial charge on any atom is -0.454 e. The van der Waals surface area contributed by atoms with Crippen LogP contribution < -0.4 is 9.47 Å². The summed E-state index contributed by atoms with van der Waals surface area (Å²) in [7, 11) is 0. The van der Waals surface area contributed by atoms with E-state index >= 15 is 0 Å². The normalized spacial score (nSPS) is 14.7. The van der Waals surface area contributed by atoms with Crippen molar-refractivity contribution in [3.8, 4) is 11.5 Å². The van der Waals surface area contributed by atoms with E-state index in [-0.39, 0.29) is 6.79 Å². The molecule has 2 aromatic rings. The van der Waals surface area contributed by atoms with E-state index in [0.29, 0.717) is 0 Å². The molecule has 0 saturated heterocycles. The van der Waals surface area contributed by atoms with E-state index in [2.05, 4.69) is 11.4 Å². The van der Waals surface area contributed by atoms with Crippen LogP contribution in [0.3, 0.4) is 0 Å². The van der Waals surface area contributed by atoms with Gasteiger partial charge in [-0.05, 0) is 42.0 Å². The molecule has 0 aliphatic carbocycles. The number of benzene rings is 1. The average molecular weight is 262 g/mol. The first-order valence-corrected chi connectivity index (χ1v) is 6.81. The summed E-state index contributed by atoms with van der Waals surface area (Å²) in [6.07, 6.45) is 1.16. The molecule has 18 heavy (non-hydrogen) atoms. The van der Waals surface area contributed by atoms with Crippen molar-refractivity contribution in [2.75, 3.05) is 6.79 Å². The Hall–Kier alpha value is -1.52. The van der Waals surface area contributed by atoms with Crippen molar-refractivity contribution < 1.29 is 14.6 Å². The lowest BCUT2D eigenvalue weighted by Gasteiger charge is -2.10. The molecule has 94 valence electrons. The summed E-state index contributed by atoms with van der Waals surface area (Å²) in [6.45, 7) is 0.268. The number of ether oxygens (including phenoxy) is 2. The Bertz CT molecular complexity index is 522. The van der Waals surface area contributed by atoms with Gasteiger partial charge in [0.1, 0.15) is 0 Å². The summed E-state index contributed by atoms with van der Waals surface area (Å²) in [5.74, 6) is 1.48. The predicted octanol–water partition coefficient (Wildman–Crippen LogP) is 3.14. The maximum Gasteiger partial charge on any atom is 0.231 e. The molecule has 1 aliphatic rings. The first-order valence-electron chi connectivity index (χ1n) is 5.93. The highest BCUT2D eigenvalue weighted by Gasteiger charge is 2.16. The van der Waals surface area contributed by atoms with Gasteiger partial charge in [0.15, 0.2) is 11.5 Å². The Kier molecular flexibility index (Phi) is 3.21. The van der Waals surface area contributed by atoms with Crippen LogP contribution in [0, 0.1) is 0 Å². The van der Waals surface area contributed by atoms with Crippen LogP contribution in [0.4, 0.5) is 0 Å². The maximum absolute atomic E-state index is 10.2. The number of aryl methyl sites for hydroxylation is 1. The third-order valence-corrected chi connectivity index (χ3v) is 3.96. The third-order valence-electron chi connectivity index (χ3n) is 3.03. The smallest absolute Gasteiger partial charge is 0.231 e. The van der Waals surface area contributed by atoms with Crippen molar-refractivity contribution in [1.29, 1.82) is 0 Å². The van der Waals surface area contributed by atoms with Crippen molar-refractivity contribution in [3.63, 3.8) is 0 Å². The number of rotatable bonds is 4. The monoisotopic (exact) mass is 262 g/mol. The molecule has 1 atom stereocenters. The van der Waals surface area contributed by atoms with Crippen molar-refractivity contribution in [3.05, 3.63) is 46.2 Å². The highest BCUT2D eigenvalue weighted by Crippen LogP contribution is 2.35. The van der Waals surface area contributed by atoms with Gasteiger partial charge in [-0.15, -0.1) is 11.3 Å². The van der Waals surface area contributed by atoms with E-state index in [0.717, 1.165) is 29.9 Å². The van der Waals surface area contributed by atoms with E-state index in [1.807, 2.05) is 24.3 Å². The summed E-state index contributed by atoms with van der Waals surface area (Å²) in [6, 6.07) is 9.74. The molecule has 1 N–H and O–H groups in total. The molecule has 1 aromatic carbocycles. The zero-order valence-corrected chi connectivity index (χ0v) is 10.7. The van der Waals surface area contributed by atoms with E-state index in [4.69, 9.17) is 9.47 Å². The van der Waals surface area contributed by atoms with Gasteiger partial charge in [-0.3, -0.25) is 0 Å². The number of hydrogen-bond acceptors (Lipinski definition) is 4. The number of thiophene rings is 1. The van der Waals surface area contributed by atoms with Crippen LogP contribution in [0.25, 0.3) is 0 Å². The predicted molar refractivity (Wildman–Crippen MR) is 70.2 cm³/mol. The lowest BCUT2D eigenvalue weighted by atomic mass is 10.0. The Morgan fingerprint density at radius 1 is 1.22 bits per heavy atom. The molecule has 1 aromatic heterocycles. The number of hydrogen-bond donors (Lipinski definition) is 1. The molecule has 3 nitrogen and oxygen atoms in total. The molecular formula is C14H14O3S. The third kappa shape index (κ3) is 2.35. The fourth-order valence-electron chi connectivity index (χ4n) is 2.02. The highest BCUT2D eigenvalue weighted by molar-refractivity contribution is 7.09. The fraction of sp³-hybridized carbons (Fsp3) is 0.286. The van der Waals surface area contributed by atoms with Crippen molar-refractivity contribution in [2.45, 2.75) is 18.9 Å². The molecule has 0 saturated carbocycles. The van der Waals surface area contributed by atoms with Crippen molar-refractivity contribution in [1.82, 2.24) is 0 Å².